The van der Waals surface area contributed by atoms with E-state index >= 15 is 0 Å². The second-order valence-corrected chi connectivity index (χ2v) is 17.6. The first-order valence-corrected chi connectivity index (χ1v) is 16.0. The van der Waals surface area contributed by atoms with E-state index in [1.165, 1.54) is 0 Å². The summed E-state index contributed by atoms with van der Waals surface area (Å²) < 4.78 is 24.6. The molecule has 42 heavy (non-hydrogen) atoms. The van der Waals surface area contributed by atoms with Crippen LogP contribution in [-0.2, 0) is 28.5 Å². The Balaban J connectivity index is 1.45. The van der Waals surface area contributed by atoms with Gasteiger partial charge in [-0.15, -0.1) is 0 Å². The average molecular weight is 594 g/mol. The predicted molar refractivity (Wildman–Crippen MR) is 163 cm³/mol. The van der Waals surface area contributed by atoms with Crippen LogP contribution in [0.2, 0.25) is 0 Å². The Bertz CT molecular complexity index is 971. The van der Waals surface area contributed by atoms with Gasteiger partial charge in [-0.3, -0.25) is 9.59 Å². The van der Waals surface area contributed by atoms with Crippen LogP contribution >= 0.6 is 0 Å². The van der Waals surface area contributed by atoms with E-state index in [2.05, 4.69) is 99.0 Å². The van der Waals surface area contributed by atoms with Gasteiger partial charge in [-0.25, -0.2) is 0 Å². The molecule has 4 rings (SSSR count). The number of carbonyl (C=O) groups excluding carboxylic acids is 2. The molecule has 0 aliphatic carbocycles. The Hall–Kier alpha value is -1.26. The van der Waals surface area contributed by atoms with Crippen molar-refractivity contribution in [3.8, 4) is 0 Å². The van der Waals surface area contributed by atoms with Crippen LogP contribution in [0.15, 0.2) is 0 Å². The van der Waals surface area contributed by atoms with Gasteiger partial charge in [0, 0.05) is 58.9 Å². The van der Waals surface area contributed by atoms with Crippen LogP contribution in [0.4, 0.5) is 0 Å². The average Bonchev–Trinajstić information content (AvgIpc) is 3.42. The standard InChI is InChI=1S/C33H59N3O6/c1-28(2)14-20(15-29(3,4)34-28)39-24(37)13-23(26(38)40-21-16-30(5,6)35-31(7,8)17-21)25-27(42-25)41-22-18-32(9,10)36-33(11,12)19-22/h20-23,25,27,34-36H,13-19H2,1-12H3. The number of nitrogens with one attached hydrogen (secondary N) is 3. The van der Waals surface area contributed by atoms with E-state index in [0.717, 1.165) is 12.8 Å². The highest BCUT2D eigenvalue weighted by molar-refractivity contribution is 5.81. The molecule has 0 aromatic rings. The van der Waals surface area contributed by atoms with Crippen molar-refractivity contribution in [3.63, 3.8) is 0 Å². The molecule has 9 heteroatoms. The summed E-state index contributed by atoms with van der Waals surface area (Å²) in [5.41, 5.74) is -0.824. The molecule has 4 aliphatic rings. The summed E-state index contributed by atoms with van der Waals surface area (Å²) >= 11 is 0. The molecular weight excluding hydrogens is 534 g/mol. The molecule has 4 aliphatic heterocycles. The number of epoxide rings is 1. The second kappa shape index (κ2) is 11.3. The number of carbonyl (C=O) groups is 2. The van der Waals surface area contributed by atoms with Crippen LogP contribution in [0.25, 0.3) is 0 Å². The summed E-state index contributed by atoms with van der Waals surface area (Å²) in [7, 11) is 0. The summed E-state index contributed by atoms with van der Waals surface area (Å²) in [6, 6.07) is 0. The van der Waals surface area contributed by atoms with Crippen LogP contribution in [0.3, 0.4) is 0 Å². The minimum absolute atomic E-state index is 0.0138. The number of esters is 2. The number of piperidine rings is 3. The van der Waals surface area contributed by atoms with Crippen molar-refractivity contribution in [2.24, 2.45) is 5.92 Å². The summed E-state index contributed by atoms with van der Waals surface area (Å²) in [4.78, 5) is 27.2. The quantitative estimate of drug-likeness (QED) is 0.271. The van der Waals surface area contributed by atoms with Gasteiger partial charge in [0.1, 0.15) is 18.3 Å². The van der Waals surface area contributed by atoms with E-state index in [1.807, 2.05) is 0 Å². The normalized spacial score (nSPS) is 32.5. The van der Waals surface area contributed by atoms with E-state index in [0.29, 0.717) is 25.7 Å². The number of hydrogen-bond acceptors (Lipinski definition) is 9. The maximum absolute atomic E-state index is 13.8. The van der Waals surface area contributed by atoms with E-state index in [9.17, 15) is 9.59 Å². The smallest absolute Gasteiger partial charge is 0.312 e. The molecule has 242 valence electrons. The van der Waals surface area contributed by atoms with Crippen molar-refractivity contribution < 1.29 is 28.5 Å². The Morgan fingerprint density at radius 1 is 0.619 bits per heavy atom. The lowest BCUT2D eigenvalue weighted by Gasteiger charge is -2.46. The van der Waals surface area contributed by atoms with E-state index in [1.54, 1.807) is 0 Å². The van der Waals surface area contributed by atoms with Gasteiger partial charge in [0.25, 0.3) is 0 Å². The number of rotatable bonds is 8. The first-order chi connectivity index (χ1) is 18.9. The maximum atomic E-state index is 13.8. The van der Waals surface area contributed by atoms with Crippen molar-refractivity contribution in [1.82, 2.24) is 16.0 Å². The van der Waals surface area contributed by atoms with Crippen molar-refractivity contribution in [3.05, 3.63) is 0 Å². The molecule has 0 aromatic heterocycles. The van der Waals surface area contributed by atoms with Gasteiger partial charge in [0.2, 0.25) is 0 Å². The Labute approximate surface area is 254 Å². The molecule has 4 heterocycles. The lowest BCUT2D eigenvalue weighted by atomic mass is 9.81. The van der Waals surface area contributed by atoms with E-state index in [4.69, 9.17) is 18.9 Å². The monoisotopic (exact) mass is 593 g/mol. The molecule has 3 atom stereocenters. The van der Waals surface area contributed by atoms with Crippen molar-refractivity contribution in [1.29, 1.82) is 0 Å². The summed E-state index contributed by atoms with van der Waals surface area (Å²) in [6.45, 7) is 25.7. The maximum Gasteiger partial charge on any atom is 0.312 e. The highest BCUT2D eigenvalue weighted by Gasteiger charge is 2.54. The summed E-state index contributed by atoms with van der Waals surface area (Å²) in [6.07, 6.45) is 2.84. The third kappa shape index (κ3) is 9.37. The molecule has 0 radical (unpaired) electrons. The van der Waals surface area contributed by atoms with E-state index < -0.39 is 24.3 Å². The topological polar surface area (TPSA) is 110 Å². The van der Waals surface area contributed by atoms with Gasteiger partial charge in [0.05, 0.1) is 18.4 Å². The van der Waals surface area contributed by atoms with Gasteiger partial charge < -0.3 is 34.9 Å². The second-order valence-electron chi connectivity index (χ2n) is 17.6. The highest BCUT2D eigenvalue weighted by atomic mass is 16.8. The predicted octanol–water partition coefficient (Wildman–Crippen LogP) is 4.75. The fourth-order valence-electron chi connectivity index (χ4n) is 8.64. The molecule has 4 fully saturated rings. The van der Waals surface area contributed by atoms with Gasteiger partial charge >= 0.3 is 11.9 Å². The molecule has 4 saturated heterocycles. The zero-order chi connectivity index (χ0) is 31.5. The molecule has 0 amide bonds. The van der Waals surface area contributed by atoms with Crippen molar-refractivity contribution >= 4 is 11.9 Å². The van der Waals surface area contributed by atoms with Crippen LogP contribution in [0, 0.1) is 5.92 Å². The zero-order valence-corrected chi connectivity index (χ0v) is 28.4. The van der Waals surface area contributed by atoms with E-state index in [-0.39, 0.29) is 63.9 Å². The van der Waals surface area contributed by atoms with Gasteiger partial charge in [-0.1, -0.05) is 0 Å². The molecule has 0 spiro atoms. The number of hydrogen-bond donors (Lipinski definition) is 3. The van der Waals surface area contributed by atoms with Crippen LogP contribution < -0.4 is 16.0 Å². The molecule has 0 aromatic carbocycles. The fourth-order valence-corrected chi connectivity index (χ4v) is 8.64. The van der Waals surface area contributed by atoms with Crippen molar-refractivity contribution in [2.75, 3.05) is 0 Å². The SMILES string of the molecule is CC1(C)CC(OC(=O)CC(C(=O)OC2CC(C)(C)NC(C)(C)C2)C2OC2OC2CC(C)(C)NC(C)(C)C2)CC(C)(C)N1. The molecule has 3 N–H and O–H groups in total. The lowest BCUT2D eigenvalue weighted by Crippen LogP contribution is -2.60. The first kappa shape index (κ1) is 33.6. The zero-order valence-electron chi connectivity index (χ0n) is 28.4. The van der Waals surface area contributed by atoms with Crippen LogP contribution in [0.5, 0.6) is 0 Å². The molecule has 9 nitrogen and oxygen atoms in total. The Morgan fingerprint density at radius 3 is 1.38 bits per heavy atom. The molecule has 3 unspecified atom stereocenters. The minimum Gasteiger partial charge on any atom is -0.462 e. The van der Waals surface area contributed by atoms with Gasteiger partial charge in [-0.2, -0.15) is 0 Å². The van der Waals surface area contributed by atoms with Crippen molar-refractivity contribution in [2.45, 2.75) is 192 Å². The third-order valence-electron chi connectivity index (χ3n) is 8.93. The fraction of sp³-hybridized carbons (Fsp3) is 0.939. The Kier molecular flexibility index (Phi) is 9.03. The largest absolute Gasteiger partial charge is 0.462 e. The summed E-state index contributed by atoms with van der Waals surface area (Å²) in [5, 5.41) is 10.9. The van der Waals surface area contributed by atoms with Crippen LogP contribution in [-0.4, -0.2) is 75.9 Å². The lowest BCUT2D eigenvalue weighted by molar-refractivity contribution is -0.166. The third-order valence-corrected chi connectivity index (χ3v) is 8.93. The highest BCUT2D eigenvalue weighted by Crippen LogP contribution is 2.40. The molecule has 0 saturated carbocycles. The van der Waals surface area contributed by atoms with Gasteiger partial charge in [0.15, 0.2) is 6.29 Å². The molecular formula is C33H59N3O6. The van der Waals surface area contributed by atoms with Crippen LogP contribution in [0.1, 0.15) is 128 Å². The molecule has 0 bridgehead atoms. The number of ether oxygens (including phenoxy) is 4. The first-order valence-electron chi connectivity index (χ1n) is 16.0. The minimum atomic E-state index is -0.783. The Morgan fingerprint density at radius 2 is 0.976 bits per heavy atom. The summed E-state index contributed by atoms with van der Waals surface area (Å²) in [5.74, 6) is -1.58. The van der Waals surface area contributed by atoms with Gasteiger partial charge in [-0.05, 0) is 95.9 Å².